The van der Waals surface area contributed by atoms with E-state index in [1.807, 2.05) is 0 Å². The second-order valence-corrected chi connectivity index (χ2v) is 6.08. The van der Waals surface area contributed by atoms with E-state index in [-0.39, 0.29) is 0 Å². The molecule has 13 heavy (non-hydrogen) atoms. The number of hydrogen-bond acceptors (Lipinski definition) is 0. The summed E-state index contributed by atoms with van der Waals surface area (Å²) in [5.41, 5.74) is 0.697. The number of rotatable bonds is 4. The molecule has 3 atom stereocenters. The van der Waals surface area contributed by atoms with Crippen molar-refractivity contribution in [3.8, 4) is 0 Å². The van der Waals surface area contributed by atoms with Gasteiger partial charge in [-0.15, -0.1) is 0 Å². The van der Waals surface area contributed by atoms with Crippen LogP contribution >= 0.6 is 15.9 Å². The molecular formula is C12H21Br. The maximum absolute atomic E-state index is 3.74. The molecular weight excluding hydrogens is 224 g/mol. The molecule has 0 aliphatic heterocycles. The van der Waals surface area contributed by atoms with Gasteiger partial charge in [-0.3, -0.25) is 0 Å². The monoisotopic (exact) mass is 244 g/mol. The first kappa shape index (κ1) is 10.0. The normalized spacial score (nSPS) is 44.5. The van der Waals surface area contributed by atoms with Crippen LogP contribution in [0.3, 0.4) is 0 Å². The van der Waals surface area contributed by atoms with Gasteiger partial charge < -0.3 is 0 Å². The van der Waals surface area contributed by atoms with Crippen LogP contribution in [0.4, 0.5) is 0 Å². The van der Waals surface area contributed by atoms with E-state index in [9.17, 15) is 0 Å². The highest BCUT2D eigenvalue weighted by Crippen LogP contribution is 2.62. The van der Waals surface area contributed by atoms with E-state index < -0.39 is 0 Å². The second-order valence-electron chi connectivity index (χ2n) is 5.52. The van der Waals surface area contributed by atoms with E-state index in [1.54, 1.807) is 6.42 Å². The van der Waals surface area contributed by atoms with Crippen LogP contribution in [0.5, 0.6) is 0 Å². The minimum Gasteiger partial charge on any atom is -0.0922 e. The smallest absolute Gasteiger partial charge is 0.00882 e. The highest BCUT2D eigenvalue weighted by atomic mass is 79.9. The molecule has 0 nitrogen and oxygen atoms in total. The Morgan fingerprint density at radius 2 is 2.00 bits per heavy atom. The summed E-state index contributed by atoms with van der Waals surface area (Å²) in [7, 11) is 0. The zero-order valence-electron chi connectivity index (χ0n) is 8.85. The van der Waals surface area contributed by atoms with Crippen LogP contribution in [-0.2, 0) is 0 Å². The molecule has 0 bridgehead atoms. The van der Waals surface area contributed by atoms with Gasteiger partial charge in [0.05, 0.1) is 0 Å². The standard InChI is InChI=1S/C12H21Br/c1-3-9(2)5-12(8-13)6-10-4-11(10)7-12/h9-11H,3-8H2,1-2H3. The van der Waals surface area contributed by atoms with E-state index in [0.29, 0.717) is 5.41 Å². The van der Waals surface area contributed by atoms with Gasteiger partial charge in [0.25, 0.3) is 0 Å². The Hall–Kier alpha value is 0.480. The molecule has 0 saturated heterocycles. The maximum atomic E-state index is 3.74. The Bertz CT molecular complexity index is 178. The lowest BCUT2D eigenvalue weighted by atomic mass is 9.77. The molecule has 1 heteroatoms. The first-order chi connectivity index (χ1) is 6.19. The zero-order chi connectivity index (χ0) is 9.47. The number of hydrogen-bond donors (Lipinski definition) is 0. The first-order valence-corrected chi connectivity index (χ1v) is 6.87. The Kier molecular flexibility index (Phi) is 2.75. The molecule has 0 aromatic heterocycles. The Labute approximate surface area is 90.6 Å². The van der Waals surface area contributed by atoms with Crippen molar-refractivity contribution < 1.29 is 0 Å². The highest BCUT2D eigenvalue weighted by molar-refractivity contribution is 9.09. The van der Waals surface area contributed by atoms with Crippen LogP contribution in [0.15, 0.2) is 0 Å². The molecule has 2 aliphatic rings. The van der Waals surface area contributed by atoms with Crippen LogP contribution in [0.1, 0.15) is 46.0 Å². The Morgan fingerprint density at radius 1 is 1.38 bits per heavy atom. The largest absolute Gasteiger partial charge is 0.0922 e. The molecule has 0 aromatic rings. The molecule has 2 fully saturated rings. The van der Waals surface area contributed by atoms with Crippen LogP contribution < -0.4 is 0 Å². The summed E-state index contributed by atoms with van der Waals surface area (Å²) in [6.45, 7) is 4.73. The molecule has 2 rings (SSSR count). The average Bonchev–Trinajstić information content (AvgIpc) is 2.75. The van der Waals surface area contributed by atoms with Gasteiger partial charge in [-0.05, 0) is 48.9 Å². The molecule has 2 aliphatic carbocycles. The van der Waals surface area contributed by atoms with Crippen LogP contribution in [0, 0.1) is 23.2 Å². The minimum atomic E-state index is 0.697. The van der Waals surface area contributed by atoms with Gasteiger partial charge in [-0.25, -0.2) is 0 Å². The molecule has 0 N–H and O–H groups in total. The van der Waals surface area contributed by atoms with Gasteiger partial charge >= 0.3 is 0 Å². The fourth-order valence-electron chi connectivity index (χ4n) is 3.22. The predicted molar refractivity (Wildman–Crippen MR) is 61.1 cm³/mol. The summed E-state index contributed by atoms with van der Waals surface area (Å²) in [5, 5.41) is 1.25. The molecule has 0 radical (unpaired) electrons. The quantitative estimate of drug-likeness (QED) is 0.650. The molecule has 0 aromatic carbocycles. The van der Waals surface area contributed by atoms with Gasteiger partial charge in [-0.1, -0.05) is 36.2 Å². The summed E-state index contributed by atoms with van der Waals surface area (Å²) < 4.78 is 0. The van der Waals surface area contributed by atoms with E-state index in [4.69, 9.17) is 0 Å². The second kappa shape index (κ2) is 3.56. The lowest BCUT2D eigenvalue weighted by molar-refractivity contribution is 0.236. The van der Waals surface area contributed by atoms with E-state index in [0.717, 1.165) is 17.8 Å². The van der Waals surface area contributed by atoms with Gasteiger partial charge in [-0.2, -0.15) is 0 Å². The third kappa shape index (κ3) is 1.95. The molecule has 2 saturated carbocycles. The topological polar surface area (TPSA) is 0 Å². The first-order valence-electron chi connectivity index (χ1n) is 5.75. The van der Waals surface area contributed by atoms with Crippen molar-refractivity contribution in [2.45, 2.75) is 46.0 Å². The number of halogens is 1. The van der Waals surface area contributed by atoms with E-state index >= 15 is 0 Å². The Balaban J connectivity index is 1.92. The van der Waals surface area contributed by atoms with Crippen LogP contribution in [0.2, 0.25) is 0 Å². The van der Waals surface area contributed by atoms with Crippen molar-refractivity contribution in [1.82, 2.24) is 0 Å². The fourth-order valence-corrected chi connectivity index (χ4v) is 3.91. The van der Waals surface area contributed by atoms with Crippen molar-refractivity contribution in [2.24, 2.45) is 23.2 Å². The zero-order valence-corrected chi connectivity index (χ0v) is 10.4. The highest BCUT2D eigenvalue weighted by Gasteiger charge is 2.53. The maximum Gasteiger partial charge on any atom is 0.00882 e. The summed E-state index contributed by atoms with van der Waals surface area (Å²) in [6, 6.07) is 0. The van der Waals surface area contributed by atoms with Gasteiger partial charge in [0, 0.05) is 5.33 Å². The third-order valence-corrected chi connectivity index (χ3v) is 5.41. The minimum absolute atomic E-state index is 0.697. The molecule has 0 heterocycles. The average molecular weight is 245 g/mol. The lowest BCUT2D eigenvalue weighted by Gasteiger charge is -2.31. The van der Waals surface area contributed by atoms with Crippen molar-refractivity contribution in [2.75, 3.05) is 5.33 Å². The van der Waals surface area contributed by atoms with Gasteiger partial charge in [0.1, 0.15) is 0 Å². The Morgan fingerprint density at radius 3 is 2.46 bits per heavy atom. The summed E-state index contributed by atoms with van der Waals surface area (Å²) in [6.07, 6.45) is 7.40. The molecule has 0 spiro atoms. The van der Waals surface area contributed by atoms with Gasteiger partial charge in [0.2, 0.25) is 0 Å². The number of fused-ring (bicyclic) bond motifs is 1. The van der Waals surface area contributed by atoms with E-state index in [2.05, 4.69) is 29.8 Å². The molecule has 0 amide bonds. The molecule has 76 valence electrons. The number of alkyl halides is 1. The SMILES string of the molecule is CCC(C)CC1(CBr)CC2CC2C1. The third-order valence-electron chi connectivity index (χ3n) is 4.22. The van der Waals surface area contributed by atoms with Crippen molar-refractivity contribution in [3.05, 3.63) is 0 Å². The predicted octanol–water partition coefficient (Wildman–Crippen LogP) is 4.23. The summed E-state index contributed by atoms with van der Waals surface area (Å²) in [4.78, 5) is 0. The van der Waals surface area contributed by atoms with Crippen molar-refractivity contribution in [3.63, 3.8) is 0 Å². The van der Waals surface area contributed by atoms with Gasteiger partial charge in [0.15, 0.2) is 0 Å². The summed E-state index contributed by atoms with van der Waals surface area (Å²) in [5.74, 6) is 3.18. The van der Waals surface area contributed by atoms with Crippen molar-refractivity contribution in [1.29, 1.82) is 0 Å². The summed E-state index contributed by atoms with van der Waals surface area (Å²) >= 11 is 3.74. The lowest BCUT2D eigenvalue weighted by Crippen LogP contribution is -2.23. The van der Waals surface area contributed by atoms with Crippen molar-refractivity contribution >= 4 is 15.9 Å². The fraction of sp³-hybridized carbons (Fsp3) is 1.00. The van der Waals surface area contributed by atoms with Crippen LogP contribution in [0.25, 0.3) is 0 Å². The molecule has 3 unspecified atom stereocenters. The van der Waals surface area contributed by atoms with Crippen LogP contribution in [-0.4, -0.2) is 5.33 Å². The van der Waals surface area contributed by atoms with E-state index in [1.165, 1.54) is 31.0 Å².